The molecule has 0 N–H and O–H groups in total. The zero-order valence-electron chi connectivity index (χ0n) is 11.7. The number of hydrogen-bond donors (Lipinski definition) is 0. The number of esters is 1. The highest BCUT2D eigenvalue weighted by Crippen LogP contribution is 2.45. The Labute approximate surface area is 114 Å². The van der Waals surface area contributed by atoms with Crippen molar-refractivity contribution in [2.45, 2.75) is 39.5 Å². The fraction of sp³-hybridized carbons (Fsp3) is 0.500. The standard InChI is InChI=1S/C16H20O3/c1-4-19-15(18)10-13-12-8-6-5-7-11(12)9-14(17)16(13,2)3/h5-8,13H,4,9-10H2,1-3H3. The third kappa shape index (κ3) is 2.55. The second kappa shape index (κ2) is 5.16. The summed E-state index contributed by atoms with van der Waals surface area (Å²) in [7, 11) is 0. The van der Waals surface area contributed by atoms with E-state index in [-0.39, 0.29) is 24.1 Å². The molecule has 102 valence electrons. The minimum atomic E-state index is -0.513. The lowest BCUT2D eigenvalue weighted by Gasteiger charge is -2.38. The van der Waals surface area contributed by atoms with Crippen molar-refractivity contribution >= 4 is 11.8 Å². The highest BCUT2D eigenvalue weighted by atomic mass is 16.5. The molecule has 1 aromatic rings. The predicted octanol–water partition coefficient (Wildman–Crippen LogP) is 2.87. The topological polar surface area (TPSA) is 43.4 Å². The summed E-state index contributed by atoms with van der Waals surface area (Å²) in [5.41, 5.74) is 1.64. The summed E-state index contributed by atoms with van der Waals surface area (Å²) in [6.07, 6.45) is 0.728. The van der Waals surface area contributed by atoms with Gasteiger partial charge in [-0.3, -0.25) is 9.59 Å². The summed E-state index contributed by atoms with van der Waals surface area (Å²) in [5.74, 6) is -0.130. The van der Waals surface area contributed by atoms with Gasteiger partial charge in [-0.25, -0.2) is 0 Å². The molecule has 0 amide bonds. The number of benzene rings is 1. The van der Waals surface area contributed by atoms with Crippen LogP contribution in [0.25, 0.3) is 0 Å². The fourth-order valence-electron chi connectivity index (χ4n) is 2.77. The summed E-state index contributed by atoms with van der Waals surface area (Å²) in [6.45, 7) is 6.02. The van der Waals surface area contributed by atoms with Gasteiger partial charge in [0.05, 0.1) is 13.0 Å². The molecule has 0 fully saturated rings. The second-order valence-electron chi connectivity index (χ2n) is 5.58. The highest BCUT2D eigenvalue weighted by Gasteiger charge is 2.43. The molecule has 0 saturated carbocycles. The lowest BCUT2D eigenvalue weighted by molar-refractivity contribution is -0.145. The molecule has 0 heterocycles. The summed E-state index contributed by atoms with van der Waals surface area (Å²) < 4.78 is 5.04. The number of carbonyl (C=O) groups excluding carboxylic acids is 2. The summed E-state index contributed by atoms with van der Waals surface area (Å²) in [5, 5.41) is 0. The number of hydrogen-bond acceptors (Lipinski definition) is 3. The highest BCUT2D eigenvalue weighted by molar-refractivity contribution is 5.90. The molecule has 0 radical (unpaired) electrons. The van der Waals surface area contributed by atoms with Crippen LogP contribution < -0.4 is 0 Å². The van der Waals surface area contributed by atoms with Gasteiger partial charge in [0.2, 0.25) is 0 Å². The van der Waals surface area contributed by atoms with Crippen LogP contribution in [0.3, 0.4) is 0 Å². The minimum absolute atomic E-state index is 0.0935. The first-order chi connectivity index (χ1) is 8.96. The average molecular weight is 260 g/mol. The summed E-state index contributed by atoms with van der Waals surface area (Å²) in [4.78, 5) is 24.1. The van der Waals surface area contributed by atoms with Crippen LogP contribution in [-0.4, -0.2) is 18.4 Å². The van der Waals surface area contributed by atoms with Crippen LogP contribution >= 0.6 is 0 Å². The first-order valence-corrected chi connectivity index (χ1v) is 6.73. The van der Waals surface area contributed by atoms with Gasteiger partial charge < -0.3 is 4.74 Å². The van der Waals surface area contributed by atoms with Gasteiger partial charge in [0.25, 0.3) is 0 Å². The molecule has 0 aromatic heterocycles. The van der Waals surface area contributed by atoms with Crippen LogP contribution in [-0.2, 0) is 20.7 Å². The van der Waals surface area contributed by atoms with E-state index < -0.39 is 5.41 Å². The molecule has 1 aromatic carbocycles. The molecular formula is C16H20O3. The minimum Gasteiger partial charge on any atom is -0.466 e. The monoisotopic (exact) mass is 260 g/mol. The predicted molar refractivity (Wildman–Crippen MR) is 72.9 cm³/mol. The van der Waals surface area contributed by atoms with Gasteiger partial charge >= 0.3 is 5.97 Å². The summed E-state index contributed by atoms with van der Waals surface area (Å²) in [6, 6.07) is 7.89. The van der Waals surface area contributed by atoms with Crippen molar-refractivity contribution in [3.8, 4) is 0 Å². The Morgan fingerprint density at radius 3 is 2.74 bits per heavy atom. The van der Waals surface area contributed by atoms with E-state index >= 15 is 0 Å². The molecular weight excluding hydrogens is 240 g/mol. The molecule has 3 heteroatoms. The maximum Gasteiger partial charge on any atom is 0.306 e. The zero-order chi connectivity index (χ0) is 14.0. The number of ether oxygens (including phenoxy) is 1. The third-order valence-electron chi connectivity index (χ3n) is 4.05. The average Bonchev–Trinajstić information content (AvgIpc) is 2.36. The Balaban J connectivity index is 2.37. The first kappa shape index (κ1) is 13.8. The van der Waals surface area contributed by atoms with Gasteiger partial charge in [0.15, 0.2) is 0 Å². The van der Waals surface area contributed by atoms with Gasteiger partial charge in [-0.1, -0.05) is 38.1 Å². The molecule has 3 nitrogen and oxygen atoms in total. The molecule has 0 saturated heterocycles. The maximum absolute atomic E-state index is 12.3. The number of rotatable bonds is 3. The van der Waals surface area contributed by atoms with Crippen LogP contribution in [0.2, 0.25) is 0 Å². The van der Waals surface area contributed by atoms with Crippen LogP contribution in [0.4, 0.5) is 0 Å². The Morgan fingerprint density at radius 1 is 1.37 bits per heavy atom. The van der Waals surface area contributed by atoms with Crippen molar-refractivity contribution in [1.82, 2.24) is 0 Å². The quantitative estimate of drug-likeness (QED) is 0.785. The van der Waals surface area contributed by atoms with Crippen molar-refractivity contribution in [1.29, 1.82) is 0 Å². The molecule has 2 rings (SSSR count). The van der Waals surface area contributed by atoms with E-state index in [1.165, 1.54) is 0 Å². The van der Waals surface area contributed by atoms with Crippen molar-refractivity contribution in [2.75, 3.05) is 6.61 Å². The van der Waals surface area contributed by atoms with Gasteiger partial charge in [0.1, 0.15) is 5.78 Å². The zero-order valence-corrected chi connectivity index (χ0v) is 11.7. The Kier molecular flexibility index (Phi) is 3.74. The van der Waals surface area contributed by atoms with Gasteiger partial charge in [0, 0.05) is 17.8 Å². The summed E-state index contributed by atoms with van der Waals surface area (Å²) >= 11 is 0. The molecule has 1 aliphatic rings. The Hall–Kier alpha value is -1.64. The van der Waals surface area contributed by atoms with E-state index in [1.54, 1.807) is 6.92 Å². The SMILES string of the molecule is CCOC(=O)CC1c2ccccc2CC(=O)C1(C)C. The van der Waals surface area contributed by atoms with E-state index in [1.807, 2.05) is 38.1 Å². The van der Waals surface area contributed by atoms with Gasteiger partial charge in [-0.2, -0.15) is 0 Å². The van der Waals surface area contributed by atoms with E-state index in [9.17, 15) is 9.59 Å². The molecule has 0 aliphatic heterocycles. The molecule has 1 atom stereocenters. The van der Waals surface area contributed by atoms with Gasteiger partial charge in [-0.15, -0.1) is 0 Å². The Bertz CT molecular complexity index is 502. The first-order valence-electron chi connectivity index (χ1n) is 6.73. The van der Waals surface area contributed by atoms with Crippen LogP contribution in [0, 0.1) is 5.41 Å². The van der Waals surface area contributed by atoms with E-state index in [0.29, 0.717) is 13.0 Å². The van der Waals surface area contributed by atoms with Crippen molar-refractivity contribution in [3.05, 3.63) is 35.4 Å². The van der Waals surface area contributed by atoms with Crippen LogP contribution in [0.15, 0.2) is 24.3 Å². The molecule has 0 bridgehead atoms. The van der Waals surface area contributed by atoms with Crippen LogP contribution in [0.5, 0.6) is 0 Å². The molecule has 1 aliphatic carbocycles. The lowest BCUT2D eigenvalue weighted by atomic mass is 9.64. The number of ketones is 1. The largest absolute Gasteiger partial charge is 0.466 e. The fourth-order valence-corrected chi connectivity index (χ4v) is 2.77. The Morgan fingerprint density at radius 2 is 2.05 bits per heavy atom. The second-order valence-corrected chi connectivity index (χ2v) is 5.58. The molecule has 1 unspecified atom stereocenters. The number of Topliss-reactive ketones (excluding diaryl/α,β-unsaturated/α-hetero) is 1. The number of carbonyl (C=O) groups is 2. The normalized spacial score (nSPS) is 20.8. The van der Waals surface area contributed by atoms with E-state index in [0.717, 1.165) is 11.1 Å². The maximum atomic E-state index is 12.3. The van der Waals surface area contributed by atoms with Crippen molar-refractivity contribution in [2.24, 2.45) is 5.41 Å². The van der Waals surface area contributed by atoms with E-state index in [2.05, 4.69) is 0 Å². The lowest BCUT2D eigenvalue weighted by Crippen LogP contribution is -2.38. The molecule has 19 heavy (non-hydrogen) atoms. The molecule has 0 spiro atoms. The van der Waals surface area contributed by atoms with Crippen LogP contribution in [0.1, 0.15) is 44.2 Å². The van der Waals surface area contributed by atoms with E-state index in [4.69, 9.17) is 4.74 Å². The third-order valence-corrected chi connectivity index (χ3v) is 4.05. The van der Waals surface area contributed by atoms with Crippen molar-refractivity contribution < 1.29 is 14.3 Å². The van der Waals surface area contributed by atoms with Gasteiger partial charge in [-0.05, 0) is 18.1 Å². The van der Waals surface area contributed by atoms with Crippen molar-refractivity contribution in [3.63, 3.8) is 0 Å². The number of fused-ring (bicyclic) bond motifs is 1. The smallest absolute Gasteiger partial charge is 0.306 e.